The van der Waals surface area contributed by atoms with E-state index < -0.39 is 11.7 Å². The van der Waals surface area contributed by atoms with Crippen molar-refractivity contribution in [1.82, 2.24) is 25.1 Å². The van der Waals surface area contributed by atoms with Gasteiger partial charge >= 0.3 is 0 Å². The van der Waals surface area contributed by atoms with E-state index in [1.807, 2.05) is 36.4 Å². The molecule has 1 amide bonds. The van der Waals surface area contributed by atoms with Crippen molar-refractivity contribution in [1.29, 1.82) is 0 Å². The fourth-order valence-electron chi connectivity index (χ4n) is 3.24. The Morgan fingerprint density at radius 3 is 2.59 bits per heavy atom. The number of nitrogens with one attached hydrogen (secondary N) is 2. The minimum Gasteiger partial charge on any atom is -0.497 e. The molecule has 0 bridgehead atoms. The molecule has 32 heavy (non-hydrogen) atoms. The number of hydrogen-bond acceptors (Lipinski definition) is 6. The van der Waals surface area contributed by atoms with E-state index in [2.05, 4.69) is 25.9 Å². The van der Waals surface area contributed by atoms with Gasteiger partial charge in [-0.15, -0.1) is 15.3 Å². The van der Waals surface area contributed by atoms with E-state index in [0.29, 0.717) is 30.3 Å². The molecule has 0 aliphatic heterocycles. The number of methoxy groups -OCH3 is 1. The molecule has 0 atom stereocenters. The van der Waals surface area contributed by atoms with Gasteiger partial charge in [-0.2, -0.15) is 4.52 Å². The molecule has 4 aromatic rings. The number of carbonyl (C=O) groups excluding carboxylic acids is 1. The topological polar surface area (TPSA) is 93.4 Å². The van der Waals surface area contributed by atoms with E-state index in [0.717, 1.165) is 12.2 Å². The molecule has 4 rings (SSSR count). The van der Waals surface area contributed by atoms with Crippen LogP contribution in [0.2, 0.25) is 0 Å². The number of fused-ring (bicyclic) bond motifs is 1. The number of aromatic nitrogens is 4. The molecule has 0 saturated carbocycles. The summed E-state index contributed by atoms with van der Waals surface area (Å²) in [6, 6.07) is 17.5. The van der Waals surface area contributed by atoms with Gasteiger partial charge in [-0.25, -0.2) is 4.39 Å². The fourth-order valence-corrected chi connectivity index (χ4v) is 3.24. The second-order valence-electron chi connectivity index (χ2n) is 7.12. The van der Waals surface area contributed by atoms with Crippen molar-refractivity contribution in [3.63, 3.8) is 0 Å². The number of carbonyl (C=O) groups is 1. The summed E-state index contributed by atoms with van der Waals surface area (Å²) >= 11 is 0. The van der Waals surface area contributed by atoms with Gasteiger partial charge in [0.2, 0.25) is 0 Å². The molecule has 2 aromatic heterocycles. The average molecular weight is 434 g/mol. The second-order valence-corrected chi connectivity index (χ2v) is 7.12. The van der Waals surface area contributed by atoms with Crippen LogP contribution < -0.4 is 15.4 Å². The van der Waals surface area contributed by atoms with Gasteiger partial charge in [0.15, 0.2) is 11.5 Å². The first kappa shape index (κ1) is 21.2. The number of benzene rings is 2. The molecule has 8 nitrogen and oxygen atoms in total. The van der Waals surface area contributed by atoms with Crippen molar-refractivity contribution in [3.05, 3.63) is 83.4 Å². The number of halogens is 1. The Morgan fingerprint density at radius 1 is 1.00 bits per heavy atom. The Hall–Kier alpha value is -4.01. The maximum Gasteiger partial charge on any atom is 0.254 e. The lowest BCUT2D eigenvalue weighted by Crippen LogP contribution is -2.27. The van der Waals surface area contributed by atoms with E-state index in [1.165, 1.54) is 17.7 Å². The van der Waals surface area contributed by atoms with Crippen LogP contribution in [-0.4, -0.2) is 45.9 Å². The van der Waals surface area contributed by atoms with Crippen molar-refractivity contribution in [2.45, 2.75) is 12.8 Å². The van der Waals surface area contributed by atoms with Crippen LogP contribution >= 0.6 is 0 Å². The van der Waals surface area contributed by atoms with Crippen molar-refractivity contribution in [2.24, 2.45) is 0 Å². The zero-order chi connectivity index (χ0) is 22.3. The summed E-state index contributed by atoms with van der Waals surface area (Å²) in [5.74, 6) is 1.12. The zero-order valence-electron chi connectivity index (χ0n) is 17.6. The van der Waals surface area contributed by atoms with Crippen LogP contribution in [0.25, 0.3) is 5.65 Å². The molecule has 2 N–H and O–H groups in total. The lowest BCUT2D eigenvalue weighted by molar-refractivity contribution is 0.0950. The molecule has 0 spiro atoms. The van der Waals surface area contributed by atoms with E-state index in [9.17, 15) is 9.18 Å². The van der Waals surface area contributed by atoms with Crippen LogP contribution in [0.4, 0.5) is 10.2 Å². The van der Waals surface area contributed by atoms with Gasteiger partial charge in [-0.1, -0.05) is 24.3 Å². The Bertz CT molecular complexity index is 1210. The highest BCUT2D eigenvalue weighted by Crippen LogP contribution is 2.12. The van der Waals surface area contributed by atoms with E-state index in [-0.39, 0.29) is 12.1 Å². The van der Waals surface area contributed by atoms with Crippen molar-refractivity contribution in [2.75, 3.05) is 25.5 Å². The molecular formula is C23H23FN6O2. The number of nitrogens with zero attached hydrogens (tertiary/aromatic N) is 4. The van der Waals surface area contributed by atoms with E-state index >= 15 is 0 Å². The normalized spacial score (nSPS) is 10.8. The fraction of sp³-hybridized carbons (Fsp3) is 0.217. The molecule has 164 valence electrons. The molecule has 0 aliphatic rings. The number of rotatable bonds is 9. The van der Waals surface area contributed by atoms with Crippen LogP contribution in [-0.2, 0) is 12.8 Å². The Balaban J connectivity index is 1.33. The zero-order valence-corrected chi connectivity index (χ0v) is 17.6. The summed E-state index contributed by atoms with van der Waals surface area (Å²) in [5, 5.41) is 18.8. The van der Waals surface area contributed by atoms with Crippen LogP contribution in [0.3, 0.4) is 0 Å². The lowest BCUT2D eigenvalue weighted by Gasteiger charge is -2.08. The van der Waals surface area contributed by atoms with E-state index in [4.69, 9.17) is 4.74 Å². The van der Waals surface area contributed by atoms with Gasteiger partial charge < -0.3 is 15.4 Å². The first-order chi connectivity index (χ1) is 15.6. The van der Waals surface area contributed by atoms with Crippen molar-refractivity contribution >= 4 is 17.4 Å². The molecule has 2 aromatic carbocycles. The average Bonchev–Trinajstić information content (AvgIpc) is 3.22. The minimum atomic E-state index is -0.551. The predicted octanol–water partition coefficient (Wildman–Crippen LogP) is 2.90. The summed E-state index contributed by atoms with van der Waals surface area (Å²) in [6.07, 6.45) is 1.24. The highest BCUT2D eigenvalue weighted by Gasteiger charge is 2.12. The number of ether oxygens (including phenoxy) is 1. The first-order valence-electron chi connectivity index (χ1n) is 10.2. The Morgan fingerprint density at radius 2 is 1.81 bits per heavy atom. The van der Waals surface area contributed by atoms with Crippen molar-refractivity contribution in [3.8, 4) is 5.75 Å². The number of amides is 1. The van der Waals surface area contributed by atoms with Crippen LogP contribution in [0.1, 0.15) is 21.7 Å². The molecule has 0 saturated heterocycles. The lowest BCUT2D eigenvalue weighted by atomic mass is 10.1. The number of hydrogen-bond donors (Lipinski definition) is 2. The maximum absolute atomic E-state index is 13.7. The van der Waals surface area contributed by atoms with Gasteiger partial charge in [0.05, 0.1) is 12.7 Å². The van der Waals surface area contributed by atoms with Gasteiger partial charge in [0.25, 0.3) is 5.91 Å². The largest absolute Gasteiger partial charge is 0.497 e. The Kier molecular flexibility index (Phi) is 6.54. The molecule has 0 fully saturated rings. The summed E-state index contributed by atoms with van der Waals surface area (Å²) in [5.41, 5.74) is 1.82. The quantitative estimate of drug-likeness (QED) is 0.421. The molecular weight excluding hydrogens is 411 g/mol. The highest BCUT2D eigenvalue weighted by atomic mass is 19.1. The highest BCUT2D eigenvalue weighted by molar-refractivity contribution is 5.94. The smallest absolute Gasteiger partial charge is 0.254 e. The predicted molar refractivity (Wildman–Crippen MR) is 118 cm³/mol. The van der Waals surface area contributed by atoms with Gasteiger partial charge in [0, 0.05) is 19.5 Å². The van der Waals surface area contributed by atoms with Crippen molar-refractivity contribution < 1.29 is 13.9 Å². The molecule has 0 aliphatic carbocycles. The van der Waals surface area contributed by atoms with Gasteiger partial charge in [-0.3, -0.25) is 4.79 Å². The molecule has 2 heterocycles. The summed E-state index contributed by atoms with van der Waals surface area (Å²) in [4.78, 5) is 12.2. The SMILES string of the molecule is COc1ccc(CCNc2ccc3nnc(CCNC(=O)c4ccccc4F)n3n2)cc1. The maximum atomic E-state index is 13.7. The third-order valence-electron chi connectivity index (χ3n) is 4.96. The Labute approximate surface area is 184 Å². The standard InChI is InChI=1S/C23H23FN6O2/c1-32-17-8-6-16(7-9-17)12-14-25-20-10-11-21-27-28-22(30(21)29-20)13-15-26-23(31)18-4-2-3-5-19(18)24/h2-11H,12-15H2,1H3,(H,25,29)(H,26,31). The number of anilines is 1. The minimum absolute atomic E-state index is 0.0140. The second kappa shape index (κ2) is 9.86. The third kappa shape index (κ3) is 5.00. The molecule has 9 heteroatoms. The van der Waals surface area contributed by atoms with Crippen LogP contribution in [0.5, 0.6) is 5.75 Å². The summed E-state index contributed by atoms with van der Waals surface area (Å²) in [7, 11) is 1.65. The van der Waals surface area contributed by atoms with Crippen LogP contribution in [0, 0.1) is 5.82 Å². The molecule has 0 unspecified atom stereocenters. The monoisotopic (exact) mass is 434 g/mol. The first-order valence-corrected chi connectivity index (χ1v) is 10.2. The van der Waals surface area contributed by atoms with Gasteiger partial charge in [0.1, 0.15) is 17.4 Å². The van der Waals surface area contributed by atoms with Crippen LogP contribution in [0.15, 0.2) is 60.7 Å². The summed E-state index contributed by atoms with van der Waals surface area (Å²) in [6.45, 7) is 0.992. The molecule has 0 radical (unpaired) electrons. The van der Waals surface area contributed by atoms with E-state index in [1.54, 1.807) is 23.8 Å². The van der Waals surface area contributed by atoms with Gasteiger partial charge in [-0.05, 0) is 48.4 Å². The summed E-state index contributed by atoms with van der Waals surface area (Å²) < 4.78 is 20.5. The third-order valence-corrected chi connectivity index (χ3v) is 4.96.